The summed E-state index contributed by atoms with van der Waals surface area (Å²) in [4.78, 5) is 14.2. The van der Waals surface area contributed by atoms with Gasteiger partial charge in [-0.1, -0.05) is 6.07 Å². The van der Waals surface area contributed by atoms with Gasteiger partial charge in [-0.3, -0.25) is 4.79 Å². The number of nitrogens with zero attached hydrogens (tertiary/aromatic N) is 1. The van der Waals surface area contributed by atoms with Gasteiger partial charge in [0.15, 0.2) is 6.61 Å². The van der Waals surface area contributed by atoms with Crippen LogP contribution >= 0.6 is 0 Å². The lowest BCUT2D eigenvalue weighted by Gasteiger charge is -2.56. The number of ether oxygens (including phenoxy) is 3. The minimum absolute atomic E-state index is 0.0103. The normalized spacial score (nSPS) is 25.2. The van der Waals surface area contributed by atoms with E-state index in [4.69, 9.17) is 14.2 Å². The highest BCUT2D eigenvalue weighted by atomic mass is 16.5. The quantitative estimate of drug-likeness (QED) is 0.882. The molecule has 2 atom stereocenters. The van der Waals surface area contributed by atoms with Gasteiger partial charge >= 0.3 is 0 Å². The third-order valence-corrected chi connectivity index (χ3v) is 5.48. The molecule has 2 aliphatic rings. The molecule has 1 amide bonds. The average molecular weight is 335 g/mol. The standard InChI is InChI=1S/C18H25NO5/c1-22-13-4-3-5-14(10-13)24-12-17(21)19-8-6-18(7-9-19)15(20)11-16(18)23-2/h3-5,10,15-16,20H,6-9,11-12H2,1-2H3/t15-,16+/m1/s1. The second kappa shape index (κ2) is 6.99. The molecule has 1 heterocycles. The highest BCUT2D eigenvalue weighted by molar-refractivity contribution is 5.77. The molecule has 6 heteroatoms. The summed E-state index contributed by atoms with van der Waals surface area (Å²) < 4.78 is 16.2. The Labute approximate surface area is 142 Å². The number of aliphatic hydroxyl groups excluding tert-OH is 1. The van der Waals surface area contributed by atoms with E-state index in [1.807, 2.05) is 17.0 Å². The third-order valence-electron chi connectivity index (χ3n) is 5.48. The van der Waals surface area contributed by atoms with Crippen molar-refractivity contribution in [3.63, 3.8) is 0 Å². The van der Waals surface area contributed by atoms with Gasteiger partial charge in [-0.15, -0.1) is 0 Å². The van der Waals surface area contributed by atoms with Crippen molar-refractivity contribution in [1.29, 1.82) is 0 Å². The fourth-order valence-electron chi connectivity index (χ4n) is 3.81. The smallest absolute Gasteiger partial charge is 0.260 e. The molecular weight excluding hydrogens is 310 g/mol. The predicted octanol–water partition coefficient (Wildman–Crippen LogP) is 1.46. The Morgan fingerprint density at radius 1 is 1.29 bits per heavy atom. The number of hydrogen-bond acceptors (Lipinski definition) is 5. The molecule has 132 valence electrons. The van der Waals surface area contributed by atoms with Gasteiger partial charge < -0.3 is 24.2 Å². The molecule has 2 fully saturated rings. The zero-order valence-corrected chi connectivity index (χ0v) is 14.2. The first-order valence-corrected chi connectivity index (χ1v) is 8.34. The largest absolute Gasteiger partial charge is 0.497 e. The van der Waals surface area contributed by atoms with Gasteiger partial charge in [0.25, 0.3) is 5.91 Å². The number of benzene rings is 1. The molecule has 24 heavy (non-hydrogen) atoms. The minimum Gasteiger partial charge on any atom is -0.497 e. The van der Waals surface area contributed by atoms with Gasteiger partial charge in [0.05, 0.1) is 19.3 Å². The third kappa shape index (κ3) is 3.08. The summed E-state index contributed by atoms with van der Waals surface area (Å²) in [6, 6.07) is 7.21. The van der Waals surface area contributed by atoms with Crippen LogP contribution in [-0.4, -0.2) is 62.0 Å². The first-order valence-electron chi connectivity index (χ1n) is 8.34. The van der Waals surface area contributed by atoms with Gasteiger partial charge in [0.1, 0.15) is 11.5 Å². The summed E-state index contributed by atoms with van der Waals surface area (Å²) in [5.74, 6) is 1.28. The van der Waals surface area contributed by atoms with Crippen LogP contribution in [-0.2, 0) is 9.53 Å². The van der Waals surface area contributed by atoms with Gasteiger partial charge in [-0.05, 0) is 25.0 Å². The van der Waals surface area contributed by atoms with Gasteiger partial charge in [0, 0.05) is 38.1 Å². The maximum atomic E-state index is 12.4. The van der Waals surface area contributed by atoms with Crippen LogP contribution in [0.1, 0.15) is 19.3 Å². The van der Waals surface area contributed by atoms with Crippen molar-refractivity contribution in [2.45, 2.75) is 31.5 Å². The first kappa shape index (κ1) is 17.0. The van der Waals surface area contributed by atoms with Crippen LogP contribution in [0.25, 0.3) is 0 Å². The fourth-order valence-corrected chi connectivity index (χ4v) is 3.81. The molecule has 1 aliphatic heterocycles. The first-order chi connectivity index (χ1) is 11.6. The summed E-state index contributed by atoms with van der Waals surface area (Å²) in [6.07, 6.45) is 2.05. The lowest BCUT2D eigenvalue weighted by Crippen LogP contribution is -2.62. The van der Waals surface area contributed by atoms with Crippen molar-refractivity contribution < 1.29 is 24.1 Å². The molecule has 0 bridgehead atoms. The van der Waals surface area contributed by atoms with Crippen molar-refractivity contribution in [2.24, 2.45) is 5.41 Å². The number of aliphatic hydroxyl groups is 1. The van der Waals surface area contributed by atoms with Gasteiger partial charge in [-0.25, -0.2) is 0 Å². The van der Waals surface area contributed by atoms with E-state index in [0.29, 0.717) is 31.0 Å². The number of amides is 1. The van der Waals surface area contributed by atoms with Crippen molar-refractivity contribution in [2.75, 3.05) is 33.9 Å². The van der Waals surface area contributed by atoms with E-state index in [1.165, 1.54) is 0 Å². The second-order valence-corrected chi connectivity index (χ2v) is 6.56. The van der Waals surface area contributed by atoms with Crippen LogP contribution < -0.4 is 9.47 Å². The molecular formula is C18H25NO5. The van der Waals surface area contributed by atoms with Gasteiger partial charge in [0.2, 0.25) is 0 Å². The number of methoxy groups -OCH3 is 2. The number of rotatable bonds is 5. The predicted molar refractivity (Wildman–Crippen MR) is 88.2 cm³/mol. The van der Waals surface area contributed by atoms with E-state index in [0.717, 1.165) is 12.8 Å². The van der Waals surface area contributed by atoms with Crippen LogP contribution in [0, 0.1) is 5.41 Å². The summed E-state index contributed by atoms with van der Waals surface area (Å²) in [5.41, 5.74) is -0.167. The molecule has 1 aliphatic carbocycles. The van der Waals surface area contributed by atoms with Crippen molar-refractivity contribution in [3.05, 3.63) is 24.3 Å². The maximum absolute atomic E-state index is 12.4. The Balaban J connectivity index is 1.50. The van der Waals surface area contributed by atoms with Crippen LogP contribution in [0.3, 0.4) is 0 Å². The van der Waals surface area contributed by atoms with Crippen molar-refractivity contribution in [1.82, 2.24) is 4.90 Å². The number of hydrogen-bond donors (Lipinski definition) is 1. The minimum atomic E-state index is -0.312. The highest BCUT2D eigenvalue weighted by Crippen LogP contribution is 2.50. The molecule has 0 unspecified atom stereocenters. The van der Waals surface area contributed by atoms with E-state index in [-0.39, 0.29) is 30.1 Å². The molecule has 0 radical (unpaired) electrons. The summed E-state index contributed by atoms with van der Waals surface area (Å²) >= 11 is 0. The van der Waals surface area contributed by atoms with E-state index < -0.39 is 0 Å². The molecule has 1 saturated carbocycles. The van der Waals surface area contributed by atoms with Crippen LogP contribution in [0.15, 0.2) is 24.3 Å². The Kier molecular flexibility index (Phi) is 4.96. The number of piperidine rings is 1. The molecule has 0 aromatic heterocycles. The summed E-state index contributed by atoms with van der Waals surface area (Å²) in [5, 5.41) is 10.1. The zero-order valence-electron chi connectivity index (χ0n) is 14.2. The molecule has 1 saturated heterocycles. The average Bonchev–Trinajstić information content (AvgIpc) is 2.64. The van der Waals surface area contributed by atoms with Crippen molar-refractivity contribution >= 4 is 5.91 Å². The SMILES string of the molecule is COc1cccc(OCC(=O)N2CCC3(CC2)[C@H](O)C[C@@H]3OC)c1. The maximum Gasteiger partial charge on any atom is 0.260 e. The number of carbonyl (C=O) groups is 1. The second-order valence-electron chi connectivity index (χ2n) is 6.56. The van der Waals surface area contributed by atoms with Crippen LogP contribution in [0.2, 0.25) is 0 Å². The lowest BCUT2D eigenvalue weighted by molar-refractivity contribution is -0.202. The summed E-state index contributed by atoms with van der Waals surface area (Å²) in [7, 11) is 3.29. The summed E-state index contributed by atoms with van der Waals surface area (Å²) in [6.45, 7) is 1.28. The number of likely N-dealkylation sites (tertiary alicyclic amines) is 1. The van der Waals surface area contributed by atoms with Crippen LogP contribution in [0.4, 0.5) is 0 Å². The monoisotopic (exact) mass is 335 g/mol. The van der Waals surface area contributed by atoms with E-state index in [1.54, 1.807) is 26.4 Å². The fraction of sp³-hybridized carbons (Fsp3) is 0.611. The molecule has 3 rings (SSSR count). The van der Waals surface area contributed by atoms with Gasteiger partial charge in [-0.2, -0.15) is 0 Å². The van der Waals surface area contributed by atoms with Crippen molar-refractivity contribution in [3.8, 4) is 11.5 Å². The molecule has 1 N–H and O–H groups in total. The van der Waals surface area contributed by atoms with Crippen LogP contribution in [0.5, 0.6) is 11.5 Å². The zero-order chi connectivity index (χ0) is 17.2. The van der Waals surface area contributed by atoms with E-state index in [2.05, 4.69) is 0 Å². The van der Waals surface area contributed by atoms with E-state index in [9.17, 15) is 9.90 Å². The highest BCUT2D eigenvalue weighted by Gasteiger charge is 2.56. The Hall–Kier alpha value is -1.79. The Morgan fingerprint density at radius 2 is 2.00 bits per heavy atom. The molecule has 1 aromatic carbocycles. The van der Waals surface area contributed by atoms with E-state index >= 15 is 0 Å². The Bertz CT molecular complexity index is 583. The molecule has 1 aromatic rings. The lowest BCUT2D eigenvalue weighted by atomic mass is 9.58. The Morgan fingerprint density at radius 3 is 2.62 bits per heavy atom. The molecule has 6 nitrogen and oxygen atoms in total. The number of carbonyl (C=O) groups excluding carboxylic acids is 1. The topological polar surface area (TPSA) is 68.2 Å². The molecule has 1 spiro atoms.